The van der Waals surface area contributed by atoms with E-state index >= 15 is 0 Å². The molecular weight excluding hydrogens is 418 g/mol. The molecule has 0 bridgehead atoms. The van der Waals surface area contributed by atoms with Gasteiger partial charge in [-0.25, -0.2) is 0 Å². The summed E-state index contributed by atoms with van der Waals surface area (Å²) in [5, 5.41) is 3.64. The molecular formula is C28H44ClNO2. The Balaban J connectivity index is 0.00000512. The van der Waals surface area contributed by atoms with Gasteiger partial charge in [0.1, 0.15) is 11.4 Å². The van der Waals surface area contributed by atoms with Gasteiger partial charge in [-0.15, -0.1) is 12.4 Å². The molecule has 0 aliphatic rings. The highest BCUT2D eigenvalue weighted by atomic mass is 35.5. The molecule has 32 heavy (non-hydrogen) atoms. The molecule has 0 fully saturated rings. The minimum atomic E-state index is -0.316. The smallest absolute Gasteiger partial charge is 0.133 e. The van der Waals surface area contributed by atoms with Crippen LogP contribution in [0.15, 0.2) is 54.6 Å². The van der Waals surface area contributed by atoms with Gasteiger partial charge < -0.3 is 14.8 Å². The second-order valence-electron chi connectivity index (χ2n) is 10.2. The molecule has 3 nitrogen and oxygen atoms in total. The van der Waals surface area contributed by atoms with Crippen molar-refractivity contribution in [1.29, 1.82) is 0 Å². The van der Waals surface area contributed by atoms with Crippen LogP contribution < -0.4 is 10.1 Å². The molecule has 0 saturated carbocycles. The van der Waals surface area contributed by atoms with Crippen molar-refractivity contribution in [2.75, 3.05) is 19.8 Å². The first-order chi connectivity index (χ1) is 14.6. The summed E-state index contributed by atoms with van der Waals surface area (Å²) in [5.74, 6) is 2.03. The van der Waals surface area contributed by atoms with Gasteiger partial charge in [-0.3, -0.25) is 0 Å². The zero-order valence-electron chi connectivity index (χ0n) is 21.1. The van der Waals surface area contributed by atoms with Gasteiger partial charge in [-0.2, -0.15) is 0 Å². The van der Waals surface area contributed by atoms with Gasteiger partial charge in [-0.1, -0.05) is 76.2 Å². The van der Waals surface area contributed by atoms with E-state index in [4.69, 9.17) is 9.47 Å². The van der Waals surface area contributed by atoms with Crippen LogP contribution in [0.3, 0.4) is 0 Å². The molecule has 0 heterocycles. The Bertz CT molecular complexity index is 764. The number of para-hydroxylation sites is 1. The van der Waals surface area contributed by atoms with Crippen molar-refractivity contribution in [2.45, 2.75) is 72.4 Å². The fraction of sp³-hybridized carbons (Fsp3) is 0.571. The molecule has 0 spiro atoms. The molecule has 0 unspecified atom stereocenters. The van der Waals surface area contributed by atoms with Gasteiger partial charge in [0.15, 0.2) is 0 Å². The maximum Gasteiger partial charge on any atom is 0.133 e. The number of hydrogen-bond acceptors (Lipinski definition) is 3. The molecule has 2 aromatic carbocycles. The number of rotatable bonds is 13. The van der Waals surface area contributed by atoms with E-state index in [0.717, 1.165) is 25.1 Å². The molecule has 0 aromatic heterocycles. The lowest BCUT2D eigenvalue weighted by molar-refractivity contribution is -0.0522. The molecule has 0 saturated heterocycles. The normalized spacial score (nSPS) is 12.2. The van der Waals surface area contributed by atoms with Crippen molar-refractivity contribution in [3.63, 3.8) is 0 Å². The van der Waals surface area contributed by atoms with Crippen molar-refractivity contribution in [3.8, 4) is 5.75 Å². The molecule has 0 radical (unpaired) electrons. The summed E-state index contributed by atoms with van der Waals surface area (Å²) < 4.78 is 13.0. The topological polar surface area (TPSA) is 30.5 Å². The van der Waals surface area contributed by atoms with E-state index < -0.39 is 0 Å². The van der Waals surface area contributed by atoms with Crippen LogP contribution in [0.1, 0.15) is 65.5 Å². The highest BCUT2D eigenvalue weighted by molar-refractivity contribution is 5.85. The fourth-order valence-corrected chi connectivity index (χ4v) is 4.36. The molecule has 0 atom stereocenters. The van der Waals surface area contributed by atoms with Crippen LogP contribution in [0.4, 0.5) is 0 Å². The maximum absolute atomic E-state index is 6.73. The van der Waals surface area contributed by atoms with Gasteiger partial charge in [-0.05, 0) is 62.6 Å². The standard InChI is InChI=1S/C28H43NO2.ClH/c1-22(2)19-28(20-23(3)4,31-26-16-12-11-13-24(26)5)21-30-18-17-29-27(6,7)25-14-9-8-10-15-25;/h8-16,22-23,29H,17-21H2,1-7H3;1H. The Morgan fingerprint density at radius 2 is 1.41 bits per heavy atom. The van der Waals surface area contributed by atoms with Gasteiger partial charge >= 0.3 is 0 Å². The van der Waals surface area contributed by atoms with E-state index in [9.17, 15) is 0 Å². The monoisotopic (exact) mass is 461 g/mol. The second-order valence-corrected chi connectivity index (χ2v) is 10.2. The van der Waals surface area contributed by atoms with Crippen LogP contribution in [0.2, 0.25) is 0 Å². The second kappa shape index (κ2) is 13.2. The van der Waals surface area contributed by atoms with E-state index in [1.807, 2.05) is 6.07 Å². The van der Waals surface area contributed by atoms with Gasteiger partial charge in [0.05, 0.1) is 13.2 Å². The summed E-state index contributed by atoms with van der Waals surface area (Å²) in [6.07, 6.45) is 1.95. The van der Waals surface area contributed by atoms with Crippen LogP contribution in [-0.2, 0) is 10.3 Å². The Kier molecular flexibility index (Phi) is 11.8. The first-order valence-electron chi connectivity index (χ1n) is 11.8. The predicted molar refractivity (Wildman–Crippen MR) is 139 cm³/mol. The lowest BCUT2D eigenvalue weighted by atomic mass is 9.85. The van der Waals surface area contributed by atoms with E-state index in [-0.39, 0.29) is 23.5 Å². The Hall–Kier alpha value is -1.55. The number of aryl methyl sites for hydroxylation is 1. The van der Waals surface area contributed by atoms with E-state index in [2.05, 4.69) is 102 Å². The zero-order chi connectivity index (χ0) is 22.9. The summed E-state index contributed by atoms with van der Waals surface area (Å²) >= 11 is 0. The summed E-state index contributed by atoms with van der Waals surface area (Å²) in [7, 11) is 0. The quantitative estimate of drug-likeness (QED) is 0.321. The first-order valence-corrected chi connectivity index (χ1v) is 11.8. The van der Waals surface area contributed by atoms with Gasteiger partial charge in [0.2, 0.25) is 0 Å². The molecule has 2 rings (SSSR count). The molecule has 180 valence electrons. The third kappa shape index (κ3) is 9.13. The van der Waals surface area contributed by atoms with Crippen molar-refractivity contribution >= 4 is 12.4 Å². The minimum Gasteiger partial charge on any atom is -0.485 e. The Morgan fingerprint density at radius 3 is 1.97 bits per heavy atom. The van der Waals surface area contributed by atoms with Crippen LogP contribution in [-0.4, -0.2) is 25.4 Å². The first kappa shape index (κ1) is 28.5. The Morgan fingerprint density at radius 1 is 0.844 bits per heavy atom. The van der Waals surface area contributed by atoms with Crippen LogP contribution >= 0.6 is 12.4 Å². The van der Waals surface area contributed by atoms with Crippen LogP contribution in [0.5, 0.6) is 5.75 Å². The predicted octanol–water partition coefficient (Wildman–Crippen LogP) is 7.17. The highest BCUT2D eigenvalue weighted by Gasteiger charge is 2.35. The summed E-state index contributed by atoms with van der Waals surface area (Å²) in [6.45, 7) is 17.7. The molecule has 0 aliphatic carbocycles. The molecule has 0 amide bonds. The minimum absolute atomic E-state index is 0. The summed E-state index contributed by atoms with van der Waals surface area (Å²) in [6, 6.07) is 18.9. The maximum atomic E-state index is 6.73. The van der Waals surface area contributed by atoms with E-state index in [0.29, 0.717) is 25.0 Å². The molecule has 1 N–H and O–H groups in total. The van der Waals surface area contributed by atoms with Gasteiger partial charge in [0, 0.05) is 12.1 Å². The highest BCUT2D eigenvalue weighted by Crippen LogP contribution is 2.33. The summed E-state index contributed by atoms with van der Waals surface area (Å²) in [4.78, 5) is 0. The van der Waals surface area contributed by atoms with Crippen LogP contribution in [0.25, 0.3) is 0 Å². The average molecular weight is 462 g/mol. The third-order valence-electron chi connectivity index (χ3n) is 5.65. The summed E-state index contributed by atoms with van der Waals surface area (Å²) in [5.41, 5.74) is 2.05. The lowest BCUT2D eigenvalue weighted by Gasteiger charge is -2.38. The lowest BCUT2D eigenvalue weighted by Crippen LogP contribution is -2.45. The van der Waals surface area contributed by atoms with Crippen molar-refractivity contribution in [2.24, 2.45) is 11.8 Å². The third-order valence-corrected chi connectivity index (χ3v) is 5.65. The SMILES string of the molecule is Cc1ccccc1OC(COCCNC(C)(C)c1ccccc1)(CC(C)C)CC(C)C.Cl. The number of nitrogens with one attached hydrogen (secondary N) is 1. The zero-order valence-corrected chi connectivity index (χ0v) is 21.9. The average Bonchev–Trinajstić information content (AvgIpc) is 2.69. The van der Waals surface area contributed by atoms with Gasteiger partial charge in [0.25, 0.3) is 0 Å². The number of halogens is 1. The van der Waals surface area contributed by atoms with E-state index in [1.54, 1.807) is 0 Å². The number of ether oxygens (including phenoxy) is 2. The van der Waals surface area contributed by atoms with Crippen molar-refractivity contribution in [3.05, 3.63) is 65.7 Å². The molecule has 2 aromatic rings. The Labute approximate surface area is 202 Å². The molecule has 0 aliphatic heterocycles. The van der Waals surface area contributed by atoms with Crippen LogP contribution in [0, 0.1) is 18.8 Å². The van der Waals surface area contributed by atoms with Crippen molar-refractivity contribution < 1.29 is 9.47 Å². The number of benzene rings is 2. The number of hydrogen-bond donors (Lipinski definition) is 1. The van der Waals surface area contributed by atoms with E-state index in [1.165, 1.54) is 11.1 Å². The largest absolute Gasteiger partial charge is 0.485 e. The molecule has 4 heteroatoms. The van der Waals surface area contributed by atoms with Crippen molar-refractivity contribution in [1.82, 2.24) is 5.32 Å². The fourth-order valence-electron chi connectivity index (χ4n) is 4.36.